The molecule has 0 bridgehead atoms. The monoisotopic (exact) mass is 570 g/mol. The van der Waals surface area contributed by atoms with Gasteiger partial charge in [-0.3, -0.25) is 0 Å². The van der Waals surface area contributed by atoms with Gasteiger partial charge in [-0.15, -0.1) is 0 Å². The summed E-state index contributed by atoms with van der Waals surface area (Å²) in [5.41, 5.74) is -3.78. The molecule has 214 valence electrons. The zero-order chi connectivity index (χ0) is 28.0. The maximum Gasteiger partial charge on any atom is 0.501 e. The summed E-state index contributed by atoms with van der Waals surface area (Å²) in [7, 11) is -5.36. The predicted molar refractivity (Wildman–Crippen MR) is 140 cm³/mol. The Bertz CT molecular complexity index is 1210. The van der Waals surface area contributed by atoms with Crippen LogP contribution in [-0.4, -0.2) is 74.8 Å². The van der Waals surface area contributed by atoms with Gasteiger partial charge in [-0.25, -0.2) is 18.2 Å². The first-order chi connectivity index (χ1) is 18.6. The lowest BCUT2D eigenvalue weighted by Gasteiger charge is -2.35. The summed E-state index contributed by atoms with van der Waals surface area (Å²) in [5, 5.41) is 3.27. The van der Waals surface area contributed by atoms with Crippen molar-refractivity contribution in [3.8, 4) is 5.88 Å². The Kier molecular flexibility index (Phi) is 9.08. The smallest absolute Gasteiger partial charge is 0.474 e. The highest BCUT2D eigenvalue weighted by Gasteiger charge is 2.46. The van der Waals surface area contributed by atoms with Gasteiger partial charge < -0.3 is 24.6 Å². The number of carbonyl (C=O) groups is 1. The van der Waals surface area contributed by atoms with E-state index in [2.05, 4.69) is 15.2 Å². The number of hydrogen-bond acceptors (Lipinski definition) is 8. The molecule has 2 aliphatic rings. The van der Waals surface area contributed by atoms with Gasteiger partial charge in [-0.2, -0.15) is 13.2 Å². The highest BCUT2D eigenvalue weighted by molar-refractivity contribution is 7.92. The van der Waals surface area contributed by atoms with Crippen LogP contribution in [0.3, 0.4) is 0 Å². The highest BCUT2D eigenvalue weighted by Crippen LogP contribution is 2.32. The van der Waals surface area contributed by atoms with Gasteiger partial charge in [0.05, 0.1) is 11.5 Å². The fourth-order valence-electron chi connectivity index (χ4n) is 4.68. The minimum atomic E-state index is -5.36. The highest BCUT2D eigenvalue weighted by atomic mass is 32.2. The van der Waals surface area contributed by atoms with Crippen LogP contribution < -0.4 is 15.0 Å². The molecular weight excluding hydrogens is 537 g/mol. The van der Waals surface area contributed by atoms with Crippen LogP contribution in [0.1, 0.15) is 39.0 Å². The summed E-state index contributed by atoms with van der Waals surface area (Å²) in [6.45, 7) is 4.92. The number of sulfone groups is 1. The van der Waals surface area contributed by atoms with Gasteiger partial charge in [0.25, 0.3) is 9.84 Å². The third-order valence-corrected chi connectivity index (χ3v) is 8.36. The minimum absolute atomic E-state index is 0.0183. The standard InChI is InChI=1S/C26H33F3N4O5S/c1-2-17-37-25(34)33-15-13-32(14-16-33)21-11-12-30-24(18-21)38-22-7-3-19(4-8-22)31-20-5-9-23(10-6-20)39(35,36)26(27,28)29/h5-6,9-12,18-19,22,31H,2-4,7-8,13-17H2,1H3. The van der Waals surface area contributed by atoms with E-state index in [4.69, 9.17) is 9.47 Å². The first-order valence-electron chi connectivity index (χ1n) is 13.0. The summed E-state index contributed by atoms with van der Waals surface area (Å²) in [6, 6.07) is 8.56. The van der Waals surface area contributed by atoms with Crippen molar-refractivity contribution < 1.29 is 35.9 Å². The molecule has 2 heterocycles. The third kappa shape index (κ3) is 7.25. The molecule has 1 aliphatic carbocycles. The van der Waals surface area contributed by atoms with E-state index in [-0.39, 0.29) is 18.2 Å². The number of ether oxygens (including phenoxy) is 2. The zero-order valence-corrected chi connectivity index (χ0v) is 22.5. The molecule has 2 aromatic rings. The van der Waals surface area contributed by atoms with Crippen LogP contribution in [0, 0.1) is 0 Å². The Morgan fingerprint density at radius 2 is 1.72 bits per heavy atom. The maximum atomic E-state index is 12.7. The largest absolute Gasteiger partial charge is 0.501 e. The number of aromatic nitrogens is 1. The Balaban J connectivity index is 1.24. The second-order valence-electron chi connectivity index (χ2n) is 9.65. The molecule has 0 spiro atoms. The molecule has 1 saturated carbocycles. The van der Waals surface area contributed by atoms with Crippen LogP contribution in [0.4, 0.5) is 29.3 Å². The topological polar surface area (TPSA) is 101 Å². The van der Waals surface area contributed by atoms with Crippen molar-refractivity contribution >= 4 is 27.3 Å². The van der Waals surface area contributed by atoms with E-state index in [0.717, 1.165) is 49.9 Å². The zero-order valence-electron chi connectivity index (χ0n) is 21.7. The van der Waals surface area contributed by atoms with Gasteiger partial charge in [-0.05, 0) is 62.4 Å². The van der Waals surface area contributed by atoms with Gasteiger partial charge in [0.1, 0.15) is 6.10 Å². The number of benzene rings is 1. The van der Waals surface area contributed by atoms with Crippen LogP contribution in [0.15, 0.2) is 47.5 Å². The molecule has 0 atom stereocenters. The number of carbonyl (C=O) groups excluding carboxylic acids is 1. The summed E-state index contributed by atoms with van der Waals surface area (Å²) in [5.74, 6) is 0.537. The molecule has 1 aliphatic heterocycles. The average Bonchev–Trinajstić information content (AvgIpc) is 2.93. The normalized spacial score (nSPS) is 20.4. The van der Waals surface area contributed by atoms with E-state index < -0.39 is 20.2 Å². The van der Waals surface area contributed by atoms with Crippen LogP contribution in [0.25, 0.3) is 0 Å². The number of rotatable bonds is 8. The molecule has 4 rings (SSSR count). The maximum absolute atomic E-state index is 12.7. The van der Waals surface area contributed by atoms with E-state index in [9.17, 15) is 26.4 Å². The van der Waals surface area contributed by atoms with Crippen molar-refractivity contribution in [2.24, 2.45) is 0 Å². The molecule has 13 heteroatoms. The summed E-state index contributed by atoms with van der Waals surface area (Å²) in [6.07, 6.45) is 5.31. The summed E-state index contributed by atoms with van der Waals surface area (Å²) >= 11 is 0. The molecule has 0 unspecified atom stereocenters. The number of anilines is 2. The number of nitrogens with one attached hydrogen (secondary N) is 1. The van der Waals surface area contributed by atoms with Gasteiger partial charge in [0.15, 0.2) is 0 Å². The van der Waals surface area contributed by atoms with Crippen molar-refractivity contribution in [1.29, 1.82) is 0 Å². The van der Waals surface area contributed by atoms with Crippen molar-refractivity contribution in [2.45, 2.75) is 61.6 Å². The molecule has 1 aromatic heterocycles. The molecule has 1 aromatic carbocycles. The molecule has 1 saturated heterocycles. The average molecular weight is 571 g/mol. The van der Waals surface area contributed by atoms with Crippen LogP contribution >= 0.6 is 0 Å². The minimum Gasteiger partial charge on any atom is -0.474 e. The lowest BCUT2D eigenvalue weighted by atomic mass is 9.92. The Hall–Kier alpha value is -3.22. The summed E-state index contributed by atoms with van der Waals surface area (Å²) < 4.78 is 72.7. The molecule has 1 amide bonds. The van der Waals surface area contributed by atoms with E-state index in [1.54, 1.807) is 11.1 Å². The fraction of sp³-hybridized carbons (Fsp3) is 0.538. The first-order valence-corrected chi connectivity index (χ1v) is 14.5. The fourth-order valence-corrected chi connectivity index (χ4v) is 5.45. The van der Waals surface area contributed by atoms with Crippen molar-refractivity contribution in [3.05, 3.63) is 42.6 Å². The third-order valence-electron chi connectivity index (χ3n) is 6.85. The molecule has 9 nitrogen and oxygen atoms in total. The van der Waals surface area contributed by atoms with Crippen molar-refractivity contribution in [1.82, 2.24) is 9.88 Å². The van der Waals surface area contributed by atoms with Gasteiger partial charge in [0.2, 0.25) is 5.88 Å². The SMILES string of the molecule is CCCOC(=O)N1CCN(c2ccnc(OC3CCC(Nc4ccc(S(=O)(=O)C(F)(F)F)cc4)CC3)c2)CC1. The molecular formula is C26H33F3N4O5S. The first kappa shape index (κ1) is 28.8. The molecule has 2 fully saturated rings. The van der Waals surface area contributed by atoms with E-state index >= 15 is 0 Å². The predicted octanol–water partition coefficient (Wildman–Crippen LogP) is 4.85. The second-order valence-corrected chi connectivity index (χ2v) is 11.6. The number of piperazine rings is 1. The van der Waals surface area contributed by atoms with Gasteiger partial charge in [0, 0.05) is 55.9 Å². The number of amides is 1. The van der Waals surface area contributed by atoms with E-state index in [1.807, 2.05) is 19.1 Å². The second kappa shape index (κ2) is 12.3. The Morgan fingerprint density at radius 3 is 2.33 bits per heavy atom. The lowest BCUT2D eigenvalue weighted by molar-refractivity contribution is -0.0436. The van der Waals surface area contributed by atoms with Gasteiger partial charge in [-0.1, -0.05) is 6.92 Å². The molecule has 39 heavy (non-hydrogen) atoms. The number of nitrogens with zero attached hydrogens (tertiary/aromatic N) is 3. The summed E-state index contributed by atoms with van der Waals surface area (Å²) in [4.78, 5) is 19.6. The van der Waals surface area contributed by atoms with Gasteiger partial charge >= 0.3 is 11.6 Å². The quantitative estimate of drug-likeness (QED) is 0.481. The van der Waals surface area contributed by atoms with Crippen LogP contribution in [0.5, 0.6) is 5.88 Å². The lowest BCUT2D eigenvalue weighted by Crippen LogP contribution is -2.49. The number of halogens is 3. The van der Waals surface area contributed by atoms with Crippen molar-refractivity contribution in [2.75, 3.05) is 43.0 Å². The van der Waals surface area contributed by atoms with Crippen molar-refractivity contribution in [3.63, 3.8) is 0 Å². The Morgan fingerprint density at radius 1 is 1.05 bits per heavy atom. The number of alkyl halides is 3. The Labute approximate surface area is 226 Å². The van der Waals surface area contributed by atoms with Crippen LogP contribution in [-0.2, 0) is 14.6 Å². The number of hydrogen-bond donors (Lipinski definition) is 1. The molecule has 1 N–H and O–H groups in total. The molecule has 0 radical (unpaired) electrons. The van der Waals surface area contributed by atoms with Crippen LogP contribution in [0.2, 0.25) is 0 Å². The number of pyridine rings is 1. The van der Waals surface area contributed by atoms with E-state index in [0.29, 0.717) is 44.4 Å². The van der Waals surface area contributed by atoms with E-state index in [1.165, 1.54) is 12.1 Å².